The van der Waals surface area contributed by atoms with E-state index in [2.05, 4.69) is 10.3 Å². The highest BCUT2D eigenvalue weighted by molar-refractivity contribution is 7.18. The molecule has 0 aliphatic carbocycles. The third-order valence-corrected chi connectivity index (χ3v) is 5.95. The van der Waals surface area contributed by atoms with Crippen LogP contribution in [0.4, 0.5) is 5.00 Å². The number of carbonyl (C=O) groups is 3. The van der Waals surface area contributed by atoms with Crippen LogP contribution in [0.3, 0.4) is 0 Å². The number of imidazole rings is 1. The van der Waals surface area contributed by atoms with E-state index in [1.165, 1.54) is 4.90 Å². The van der Waals surface area contributed by atoms with Crippen LogP contribution in [0.2, 0.25) is 0 Å². The predicted molar refractivity (Wildman–Crippen MR) is 122 cm³/mol. The largest absolute Gasteiger partial charge is 0.490 e. The second kappa shape index (κ2) is 9.39. The predicted octanol–water partition coefficient (Wildman–Crippen LogP) is 3.54. The van der Waals surface area contributed by atoms with Crippen LogP contribution in [0.15, 0.2) is 18.3 Å². The van der Waals surface area contributed by atoms with Gasteiger partial charge in [0.25, 0.3) is 11.8 Å². The molecular formula is C22H26N4O5S. The summed E-state index contributed by atoms with van der Waals surface area (Å²) < 4.78 is 12.4. The fourth-order valence-electron chi connectivity index (χ4n) is 3.32. The monoisotopic (exact) mass is 458 g/mol. The van der Waals surface area contributed by atoms with Gasteiger partial charge in [0.1, 0.15) is 10.7 Å². The molecule has 9 nitrogen and oxygen atoms in total. The Labute approximate surface area is 190 Å². The zero-order valence-electron chi connectivity index (χ0n) is 18.9. The lowest BCUT2D eigenvalue weighted by atomic mass is 10.1. The maximum absolute atomic E-state index is 13.3. The molecule has 0 atom stereocenters. The number of hydrogen-bond acceptors (Lipinski definition) is 7. The Morgan fingerprint density at radius 2 is 1.91 bits per heavy atom. The van der Waals surface area contributed by atoms with E-state index < -0.39 is 11.9 Å². The molecule has 0 saturated carbocycles. The third-order valence-electron chi connectivity index (χ3n) is 4.76. The molecular weight excluding hydrogens is 432 g/mol. The average molecular weight is 459 g/mol. The highest BCUT2D eigenvalue weighted by Gasteiger charge is 2.28. The van der Waals surface area contributed by atoms with Gasteiger partial charge in [-0.15, -0.1) is 11.3 Å². The number of rotatable bonds is 7. The Morgan fingerprint density at radius 3 is 2.53 bits per heavy atom. The lowest BCUT2D eigenvalue weighted by molar-refractivity contribution is 0.0527. The third kappa shape index (κ3) is 4.18. The molecule has 3 rings (SSSR count). The van der Waals surface area contributed by atoms with Crippen molar-refractivity contribution in [2.24, 2.45) is 0 Å². The standard InChI is InChI=1S/C22H26N4O5S/c1-7-30-14-10-9-11-26-16(13(4)23-18(14)26)19(27)24-20-15(22(29)31-8-2)12(3)17(32-20)21(28)25(5)6/h9-11H,7-8H2,1-6H3,(H,24,27). The van der Waals surface area contributed by atoms with Crippen LogP contribution in [-0.4, -0.2) is 59.4 Å². The molecule has 10 heteroatoms. The maximum Gasteiger partial charge on any atom is 0.341 e. The van der Waals surface area contributed by atoms with Gasteiger partial charge >= 0.3 is 5.97 Å². The van der Waals surface area contributed by atoms with Crippen molar-refractivity contribution in [3.05, 3.63) is 45.7 Å². The summed E-state index contributed by atoms with van der Waals surface area (Å²) in [6.45, 7) is 7.60. The summed E-state index contributed by atoms with van der Waals surface area (Å²) in [5.74, 6) is -0.747. The van der Waals surface area contributed by atoms with Crippen molar-refractivity contribution in [2.45, 2.75) is 27.7 Å². The van der Waals surface area contributed by atoms with E-state index in [0.29, 0.717) is 39.8 Å². The molecule has 0 aliphatic heterocycles. The van der Waals surface area contributed by atoms with Crippen LogP contribution in [0, 0.1) is 13.8 Å². The van der Waals surface area contributed by atoms with Crippen molar-refractivity contribution in [2.75, 3.05) is 32.6 Å². The maximum atomic E-state index is 13.3. The van der Waals surface area contributed by atoms with Crippen molar-refractivity contribution < 1.29 is 23.9 Å². The molecule has 3 heterocycles. The molecule has 0 aromatic carbocycles. The minimum absolute atomic E-state index is 0.172. The number of aryl methyl sites for hydroxylation is 1. The summed E-state index contributed by atoms with van der Waals surface area (Å²) in [6, 6.07) is 3.55. The first-order chi connectivity index (χ1) is 15.2. The van der Waals surface area contributed by atoms with Gasteiger partial charge in [-0.1, -0.05) is 0 Å². The van der Waals surface area contributed by atoms with Crippen molar-refractivity contribution >= 4 is 39.8 Å². The van der Waals surface area contributed by atoms with E-state index in [4.69, 9.17) is 9.47 Å². The molecule has 1 N–H and O–H groups in total. The van der Waals surface area contributed by atoms with Crippen molar-refractivity contribution in [3.8, 4) is 5.75 Å². The number of fused-ring (bicyclic) bond motifs is 1. The number of ether oxygens (including phenoxy) is 2. The number of amides is 2. The number of hydrogen-bond donors (Lipinski definition) is 1. The molecule has 3 aromatic heterocycles. The molecule has 0 spiro atoms. The van der Waals surface area contributed by atoms with Gasteiger partial charge in [0, 0.05) is 20.3 Å². The van der Waals surface area contributed by atoms with Crippen LogP contribution in [0.5, 0.6) is 5.75 Å². The molecule has 170 valence electrons. The van der Waals surface area contributed by atoms with E-state index in [9.17, 15) is 14.4 Å². The minimum atomic E-state index is -0.595. The topological polar surface area (TPSA) is 102 Å². The van der Waals surface area contributed by atoms with Crippen LogP contribution >= 0.6 is 11.3 Å². The number of esters is 1. The molecule has 2 amide bonds. The molecule has 0 saturated heterocycles. The van der Waals surface area contributed by atoms with Gasteiger partial charge in [-0.2, -0.15) is 0 Å². The summed E-state index contributed by atoms with van der Waals surface area (Å²) in [6.07, 6.45) is 1.72. The summed E-state index contributed by atoms with van der Waals surface area (Å²) >= 11 is 1.05. The number of nitrogens with one attached hydrogen (secondary N) is 1. The van der Waals surface area contributed by atoms with E-state index in [0.717, 1.165) is 11.3 Å². The molecule has 0 bridgehead atoms. The first-order valence-corrected chi connectivity index (χ1v) is 11.0. The molecule has 0 fully saturated rings. The summed E-state index contributed by atoms with van der Waals surface area (Å²) in [5.41, 5.74) is 1.98. The Bertz CT molecular complexity index is 1190. The highest BCUT2D eigenvalue weighted by Crippen LogP contribution is 2.35. The number of nitrogens with zero attached hydrogens (tertiary/aromatic N) is 3. The van der Waals surface area contributed by atoms with Crippen molar-refractivity contribution in [1.29, 1.82) is 0 Å². The molecule has 0 radical (unpaired) electrons. The summed E-state index contributed by atoms with van der Waals surface area (Å²) in [5, 5.41) is 3.05. The molecule has 0 unspecified atom stereocenters. The fourth-order valence-corrected chi connectivity index (χ4v) is 4.53. The minimum Gasteiger partial charge on any atom is -0.490 e. The van der Waals surface area contributed by atoms with E-state index in [-0.39, 0.29) is 23.1 Å². The van der Waals surface area contributed by atoms with Crippen LogP contribution in [-0.2, 0) is 4.74 Å². The van der Waals surface area contributed by atoms with Crippen molar-refractivity contribution in [1.82, 2.24) is 14.3 Å². The second-order valence-electron chi connectivity index (χ2n) is 7.18. The Kier molecular flexibility index (Phi) is 6.83. The number of aromatic nitrogens is 2. The molecule has 32 heavy (non-hydrogen) atoms. The fraction of sp³-hybridized carbons (Fsp3) is 0.364. The van der Waals surface area contributed by atoms with Crippen molar-refractivity contribution in [3.63, 3.8) is 0 Å². The first kappa shape index (κ1) is 23.3. The molecule has 0 aliphatic rings. The van der Waals surface area contributed by atoms with Gasteiger partial charge in [-0.05, 0) is 45.4 Å². The quantitative estimate of drug-likeness (QED) is 0.544. The zero-order chi connectivity index (χ0) is 23.6. The Balaban J connectivity index is 2.07. The van der Waals surface area contributed by atoms with Gasteiger partial charge in [-0.3, -0.25) is 14.0 Å². The van der Waals surface area contributed by atoms with E-state index in [1.807, 2.05) is 6.92 Å². The Morgan fingerprint density at radius 1 is 1.19 bits per heavy atom. The smallest absolute Gasteiger partial charge is 0.341 e. The van der Waals surface area contributed by atoms with Gasteiger partial charge in [-0.25, -0.2) is 9.78 Å². The number of anilines is 1. The SMILES string of the molecule is CCOC(=O)c1c(NC(=O)c2c(C)nc3c(OCC)cccn23)sc(C(=O)N(C)C)c1C. The van der Waals surface area contributed by atoms with Gasteiger partial charge in [0.2, 0.25) is 0 Å². The number of pyridine rings is 1. The van der Waals surface area contributed by atoms with E-state index >= 15 is 0 Å². The normalized spacial score (nSPS) is 10.8. The second-order valence-corrected chi connectivity index (χ2v) is 8.20. The number of carbonyl (C=O) groups excluding carboxylic acids is 3. The van der Waals surface area contributed by atoms with Gasteiger partial charge in [0.15, 0.2) is 11.4 Å². The van der Waals surface area contributed by atoms with Crippen LogP contribution < -0.4 is 10.1 Å². The lowest BCUT2D eigenvalue weighted by Crippen LogP contribution is -2.21. The van der Waals surface area contributed by atoms with Gasteiger partial charge < -0.3 is 19.7 Å². The van der Waals surface area contributed by atoms with Crippen LogP contribution in [0.1, 0.15) is 55.6 Å². The highest BCUT2D eigenvalue weighted by atomic mass is 32.1. The number of thiophene rings is 1. The summed E-state index contributed by atoms with van der Waals surface area (Å²) in [4.78, 5) is 44.8. The van der Waals surface area contributed by atoms with Gasteiger partial charge in [0.05, 0.1) is 29.3 Å². The molecule has 3 aromatic rings. The lowest BCUT2D eigenvalue weighted by Gasteiger charge is -2.09. The summed E-state index contributed by atoms with van der Waals surface area (Å²) in [7, 11) is 3.25. The first-order valence-electron chi connectivity index (χ1n) is 10.1. The van der Waals surface area contributed by atoms with Crippen LogP contribution in [0.25, 0.3) is 5.65 Å². The average Bonchev–Trinajstić information content (AvgIpc) is 3.24. The zero-order valence-corrected chi connectivity index (χ0v) is 19.8. The van der Waals surface area contributed by atoms with E-state index in [1.54, 1.807) is 57.6 Å². The Hall–Kier alpha value is -3.40.